The molecule has 0 fully saturated rings. The zero-order valence-electron chi connectivity index (χ0n) is 11.1. The Bertz CT molecular complexity index is 536. The van der Waals surface area contributed by atoms with Crippen molar-refractivity contribution in [3.63, 3.8) is 0 Å². The molecule has 1 heterocycles. The zero-order chi connectivity index (χ0) is 13.7. The van der Waals surface area contributed by atoms with E-state index in [1.807, 2.05) is 18.2 Å². The SMILES string of the molecule is CNc1cc(Oc2c(OC)cccc2OC)ccn1. The Kier molecular flexibility index (Phi) is 4.07. The van der Waals surface area contributed by atoms with E-state index < -0.39 is 0 Å². The van der Waals surface area contributed by atoms with Crippen LogP contribution in [-0.2, 0) is 0 Å². The number of hydrogen-bond donors (Lipinski definition) is 1. The molecule has 0 radical (unpaired) electrons. The van der Waals surface area contributed by atoms with Gasteiger partial charge in [0.15, 0.2) is 11.5 Å². The van der Waals surface area contributed by atoms with Gasteiger partial charge in [0.2, 0.25) is 5.75 Å². The van der Waals surface area contributed by atoms with Gasteiger partial charge in [-0.05, 0) is 18.2 Å². The highest BCUT2D eigenvalue weighted by Crippen LogP contribution is 2.39. The molecule has 0 aliphatic heterocycles. The largest absolute Gasteiger partial charge is 0.493 e. The Morgan fingerprint density at radius 3 is 2.32 bits per heavy atom. The second-order valence-corrected chi connectivity index (χ2v) is 3.72. The molecule has 0 amide bonds. The van der Waals surface area contributed by atoms with Crippen LogP contribution in [0.2, 0.25) is 0 Å². The Balaban J connectivity index is 2.36. The predicted molar refractivity (Wildman–Crippen MR) is 73.4 cm³/mol. The van der Waals surface area contributed by atoms with Crippen molar-refractivity contribution in [1.82, 2.24) is 4.98 Å². The van der Waals surface area contributed by atoms with Crippen LogP contribution in [0.25, 0.3) is 0 Å². The summed E-state index contributed by atoms with van der Waals surface area (Å²) in [7, 11) is 4.98. The number of rotatable bonds is 5. The first-order valence-electron chi connectivity index (χ1n) is 5.81. The van der Waals surface area contributed by atoms with Crippen LogP contribution >= 0.6 is 0 Å². The van der Waals surface area contributed by atoms with Gasteiger partial charge in [0, 0.05) is 19.3 Å². The maximum absolute atomic E-state index is 5.83. The van der Waals surface area contributed by atoms with Crippen LogP contribution in [0.15, 0.2) is 36.5 Å². The van der Waals surface area contributed by atoms with Crippen LogP contribution < -0.4 is 19.5 Å². The van der Waals surface area contributed by atoms with Crippen LogP contribution in [0.4, 0.5) is 5.82 Å². The van der Waals surface area contributed by atoms with E-state index in [-0.39, 0.29) is 0 Å². The molecule has 5 nitrogen and oxygen atoms in total. The fraction of sp³-hybridized carbons (Fsp3) is 0.214. The van der Waals surface area contributed by atoms with Gasteiger partial charge in [0.25, 0.3) is 0 Å². The molecule has 2 rings (SSSR count). The Labute approximate surface area is 112 Å². The Morgan fingerprint density at radius 1 is 1.05 bits per heavy atom. The smallest absolute Gasteiger partial charge is 0.210 e. The minimum Gasteiger partial charge on any atom is -0.493 e. The average Bonchev–Trinajstić information content (AvgIpc) is 2.47. The fourth-order valence-corrected chi connectivity index (χ4v) is 1.65. The highest BCUT2D eigenvalue weighted by molar-refractivity contribution is 5.53. The number of para-hydroxylation sites is 1. The van der Waals surface area contributed by atoms with Gasteiger partial charge in [-0.15, -0.1) is 0 Å². The molecular weight excluding hydrogens is 244 g/mol. The maximum Gasteiger partial charge on any atom is 0.210 e. The standard InChI is InChI=1S/C14H16N2O3/c1-15-13-9-10(7-8-16-13)19-14-11(17-2)5-4-6-12(14)18-3/h4-9H,1-3H3,(H,15,16). The van der Waals surface area contributed by atoms with Gasteiger partial charge in [0.1, 0.15) is 11.6 Å². The lowest BCUT2D eigenvalue weighted by Gasteiger charge is -2.14. The van der Waals surface area contributed by atoms with Crippen molar-refractivity contribution in [3.05, 3.63) is 36.5 Å². The summed E-state index contributed by atoms with van der Waals surface area (Å²) in [6.45, 7) is 0. The Morgan fingerprint density at radius 2 is 1.74 bits per heavy atom. The maximum atomic E-state index is 5.83. The van der Waals surface area contributed by atoms with Gasteiger partial charge >= 0.3 is 0 Å². The molecule has 0 aliphatic carbocycles. The number of pyridine rings is 1. The van der Waals surface area contributed by atoms with Crippen molar-refractivity contribution in [2.75, 3.05) is 26.6 Å². The van der Waals surface area contributed by atoms with E-state index in [0.717, 1.165) is 5.82 Å². The third-order valence-electron chi connectivity index (χ3n) is 2.59. The lowest BCUT2D eigenvalue weighted by molar-refractivity contribution is 0.346. The number of anilines is 1. The summed E-state index contributed by atoms with van der Waals surface area (Å²) in [5, 5.41) is 2.96. The van der Waals surface area contributed by atoms with Crippen molar-refractivity contribution >= 4 is 5.82 Å². The highest BCUT2D eigenvalue weighted by atomic mass is 16.5. The number of benzene rings is 1. The monoisotopic (exact) mass is 260 g/mol. The lowest BCUT2D eigenvalue weighted by Crippen LogP contribution is -1.96. The minimum absolute atomic E-state index is 0.542. The molecule has 0 atom stereocenters. The van der Waals surface area contributed by atoms with Gasteiger partial charge in [-0.1, -0.05) is 6.07 Å². The first-order valence-corrected chi connectivity index (χ1v) is 5.81. The molecule has 1 aromatic heterocycles. The van der Waals surface area contributed by atoms with E-state index in [2.05, 4.69) is 10.3 Å². The normalized spacial score (nSPS) is 9.84. The summed E-state index contributed by atoms with van der Waals surface area (Å²) < 4.78 is 16.4. The van der Waals surface area contributed by atoms with Gasteiger partial charge < -0.3 is 19.5 Å². The minimum atomic E-state index is 0.542. The molecule has 19 heavy (non-hydrogen) atoms. The molecule has 2 aromatic rings. The van der Waals surface area contributed by atoms with E-state index in [0.29, 0.717) is 23.0 Å². The molecule has 0 aliphatic rings. The van der Waals surface area contributed by atoms with E-state index in [1.165, 1.54) is 0 Å². The second-order valence-electron chi connectivity index (χ2n) is 3.72. The molecule has 100 valence electrons. The molecule has 0 bridgehead atoms. The van der Waals surface area contributed by atoms with Crippen molar-refractivity contribution < 1.29 is 14.2 Å². The zero-order valence-corrected chi connectivity index (χ0v) is 11.1. The third-order valence-corrected chi connectivity index (χ3v) is 2.59. The van der Waals surface area contributed by atoms with E-state index in [9.17, 15) is 0 Å². The number of aromatic nitrogens is 1. The van der Waals surface area contributed by atoms with Crippen molar-refractivity contribution in [1.29, 1.82) is 0 Å². The molecular formula is C14H16N2O3. The van der Waals surface area contributed by atoms with Crippen molar-refractivity contribution in [2.24, 2.45) is 0 Å². The van der Waals surface area contributed by atoms with Crippen molar-refractivity contribution in [2.45, 2.75) is 0 Å². The van der Waals surface area contributed by atoms with Crippen LogP contribution in [0.1, 0.15) is 0 Å². The Hall–Kier alpha value is -2.43. The number of nitrogens with zero attached hydrogens (tertiary/aromatic N) is 1. The van der Waals surface area contributed by atoms with Gasteiger partial charge in [-0.2, -0.15) is 0 Å². The number of hydrogen-bond acceptors (Lipinski definition) is 5. The average molecular weight is 260 g/mol. The second kappa shape index (κ2) is 5.95. The summed E-state index contributed by atoms with van der Waals surface area (Å²) in [6, 6.07) is 9.05. The van der Waals surface area contributed by atoms with E-state index in [4.69, 9.17) is 14.2 Å². The molecule has 0 spiro atoms. The molecule has 5 heteroatoms. The quantitative estimate of drug-likeness (QED) is 0.895. The molecule has 0 saturated heterocycles. The topological polar surface area (TPSA) is 52.6 Å². The van der Waals surface area contributed by atoms with Crippen LogP contribution in [-0.4, -0.2) is 26.3 Å². The fourth-order valence-electron chi connectivity index (χ4n) is 1.65. The molecule has 1 N–H and O–H groups in total. The highest BCUT2D eigenvalue weighted by Gasteiger charge is 2.12. The summed E-state index contributed by atoms with van der Waals surface area (Å²) in [5.74, 6) is 3.15. The predicted octanol–water partition coefficient (Wildman–Crippen LogP) is 2.93. The van der Waals surface area contributed by atoms with Crippen LogP contribution in [0, 0.1) is 0 Å². The number of nitrogens with one attached hydrogen (secondary N) is 1. The molecule has 1 aromatic carbocycles. The molecule has 0 saturated carbocycles. The van der Waals surface area contributed by atoms with Gasteiger partial charge in [0.05, 0.1) is 14.2 Å². The number of methoxy groups -OCH3 is 2. The third kappa shape index (κ3) is 2.88. The first-order chi connectivity index (χ1) is 9.28. The lowest BCUT2D eigenvalue weighted by atomic mass is 10.3. The number of ether oxygens (including phenoxy) is 3. The molecule has 0 unspecified atom stereocenters. The van der Waals surface area contributed by atoms with Gasteiger partial charge in [-0.3, -0.25) is 0 Å². The van der Waals surface area contributed by atoms with Crippen molar-refractivity contribution in [3.8, 4) is 23.0 Å². The first kappa shape index (κ1) is 13.0. The van der Waals surface area contributed by atoms with E-state index >= 15 is 0 Å². The summed E-state index contributed by atoms with van der Waals surface area (Å²) in [5.41, 5.74) is 0. The van der Waals surface area contributed by atoms with Gasteiger partial charge in [-0.25, -0.2) is 4.98 Å². The van der Waals surface area contributed by atoms with Crippen LogP contribution in [0.3, 0.4) is 0 Å². The summed E-state index contributed by atoms with van der Waals surface area (Å²) in [4.78, 5) is 4.13. The summed E-state index contributed by atoms with van der Waals surface area (Å²) >= 11 is 0. The van der Waals surface area contributed by atoms with E-state index in [1.54, 1.807) is 39.6 Å². The van der Waals surface area contributed by atoms with Crippen LogP contribution in [0.5, 0.6) is 23.0 Å². The summed E-state index contributed by atoms with van der Waals surface area (Å²) in [6.07, 6.45) is 1.67.